The van der Waals surface area contributed by atoms with Crippen molar-refractivity contribution in [3.05, 3.63) is 0 Å². The highest BCUT2D eigenvalue weighted by Crippen LogP contribution is 2.04. The maximum absolute atomic E-state index is 11.7. The highest BCUT2D eigenvalue weighted by molar-refractivity contribution is 7.91. The molecule has 0 aromatic heterocycles. The first kappa shape index (κ1) is 16.4. The second-order valence-corrected chi connectivity index (χ2v) is 6.90. The van der Waals surface area contributed by atoms with Crippen LogP contribution in [0.3, 0.4) is 0 Å². The minimum atomic E-state index is -3.07. The zero-order valence-corrected chi connectivity index (χ0v) is 11.8. The fourth-order valence-electron chi connectivity index (χ4n) is 1.74. The minimum absolute atomic E-state index is 0.00872. The van der Waals surface area contributed by atoms with Gasteiger partial charge in [0.1, 0.15) is 0 Å². The number of imide groups is 1. The van der Waals surface area contributed by atoms with E-state index >= 15 is 0 Å². The summed E-state index contributed by atoms with van der Waals surface area (Å²) in [6, 6.07) is -0.594. The number of nitrogens with one attached hydrogen (secondary N) is 1. The van der Waals surface area contributed by atoms with Crippen molar-refractivity contribution in [2.45, 2.75) is 25.7 Å². The molecule has 0 unspecified atom stereocenters. The number of carboxylic acids is 1. The standard InChI is InChI=1S/C11H18N2O6S/c14-9(3-1-2-4-10(15)16)12-11(17)13-5-7-20(18,19)8-6-13/h1-8H2,(H,15,16)(H,12,14,17). The molecular weight excluding hydrogens is 288 g/mol. The van der Waals surface area contributed by atoms with Gasteiger partial charge in [-0.05, 0) is 12.8 Å². The largest absolute Gasteiger partial charge is 0.481 e. The Balaban J connectivity index is 2.25. The van der Waals surface area contributed by atoms with E-state index in [1.165, 1.54) is 4.90 Å². The lowest BCUT2D eigenvalue weighted by atomic mass is 10.2. The Labute approximate surface area is 117 Å². The molecule has 1 aliphatic heterocycles. The van der Waals surface area contributed by atoms with Crippen molar-refractivity contribution in [3.63, 3.8) is 0 Å². The van der Waals surface area contributed by atoms with Gasteiger partial charge in [-0.25, -0.2) is 13.2 Å². The van der Waals surface area contributed by atoms with E-state index in [1.54, 1.807) is 0 Å². The summed E-state index contributed by atoms with van der Waals surface area (Å²) in [4.78, 5) is 34.7. The number of aliphatic carboxylic acids is 1. The molecule has 0 aromatic carbocycles. The molecule has 0 saturated carbocycles. The van der Waals surface area contributed by atoms with E-state index in [0.717, 1.165) is 0 Å². The van der Waals surface area contributed by atoms with Gasteiger partial charge in [0.25, 0.3) is 0 Å². The zero-order chi connectivity index (χ0) is 15.2. The van der Waals surface area contributed by atoms with Crippen LogP contribution in [0.2, 0.25) is 0 Å². The molecule has 3 amide bonds. The van der Waals surface area contributed by atoms with Gasteiger partial charge in [0.05, 0.1) is 11.5 Å². The number of carbonyl (C=O) groups excluding carboxylic acids is 2. The van der Waals surface area contributed by atoms with Gasteiger partial charge in [-0.3, -0.25) is 14.9 Å². The molecule has 0 aliphatic carbocycles. The van der Waals surface area contributed by atoms with Crippen LogP contribution >= 0.6 is 0 Å². The van der Waals surface area contributed by atoms with Gasteiger partial charge in [-0.2, -0.15) is 0 Å². The van der Waals surface area contributed by atoms with E-state index in [4.69, 9.17) is 5.11 Å². The number of amides is 3. The van der Waals surface area contributed by atoms with Crippen molar-refractivity contribution >= 4 is 27.7 Å². The Morgan fingerprint density at radius 3 is 2.15 bits per heavy atom. The molecule has 0 aromatic rings. The molecule has 0 radical (unpaired) electrons. The molecular formula is C11H18N2O6S. The van der Waals surface area contributed by atoms with E-state index < -0.39 is 27.7 Å². The van der Waals surface area contributed by atoms with Crippen LogP contribution in [0.15, 0.2) is 0 Å². The fraction of sp³-hybridized carbons (Fsp3) is 0.727. The van der Waals surface area contributed by atoms with Crippen LogP contribution in [0.25, 0.3) is 0 Å². The summed E-state index contributed by atoms with van der Waals surface area (Å²) in [6.45, 7) is 0.168. The number of hydrogen-bond acceptors (Lipinski definition) is 5. The number of hydrogen-bond donors (Lipinski definition) is 2. The molecule has 0 spiro atoms. The summed E-state index contributed by atoms with van der Waals surface area (Å²) < 4.78 is 22.4. The Morgan fingerprint density at radius 1 is 1.05 bits per heavy atom. The third kappa shape index (κ3) is 6.00. The molecule has 114 valence electrons. The van der Waals surface area contributed by atoms with Gasteiger partial charge in [0, 0.05) is 25.9 Å². The number of nitrogens with zero attached hydrogens (tertiary/aromatic N) is 1. The number of carbonyl (C=O) groups is 3. The monoisotopic (exact) mass is 306 g/mol. The lowest BCUT2D eigenvalue weighted by Crippen LogP contribution is -2.49. The summed E-state index contributed by atoms with van der Waals surface area (Å²) >= 11 is 0. The Kier molecular flexibility index (Phi) is 5.93. The van der Waals surface area contributed by atoms with Crippen LogP contribution < -0.4 is 5.32 Å². The van der Waals surface area contributed by atoms with Gasteiger partial charge in [-0.15, -0.1) is 0 Å². The minimum Gasteiger partial charge on any atom is -0.481 e. The SMILES string of the molecule is O=C(O)CCCCC(=O)NC(=O)N1CCS(=O)(=O)CC1. The summed E-state index contributed by atoms with van der Waals surface area (Å²) in [5.74, 6) is -1.58. The Bertz CT molecular complexity index is 473. The van der Waals surface area contributed by atoms with Crippen molar-refractivity contribution in [1.82, 2.24) is 10.2 Å². The third-order valence-corrected chi connectivity index (χ3v) is 4.53. The smallest absolute Gasteiger partial charge is 0.324 e. The van der Waals surface area contributed by atoms with Gasteiger partial charge in [0.2, 0.25) is 5.91 Å². The highest BCUT2D eigenvalue weighted by atomic mass is 32.2. The van der Waals surface area contributed by atoms with E-state index in [0.29, 0.717) is 12.8 Å². The number of sulfone groups is 1. The molecule has 20 heavy (non-hydrogen) atoms. The molecule has 1 aliphatic rings. The second kappa shape index (κ2) is 7.22. The quantitative estimate of drug-likeness (QED) is 0.667. The van der Waals surface area contributed by atoms with Crippen LogP contribution in [-0.2, 0) is 19.4 Å². The molecule has 1 rings (SSSR count). The Hall–Kier alpha value is -1.64. The molecule has 1 saturated heterocycles. The summed E-state index contributed by atoms with van der Waals surface area (Å²) in [7, 11) is -3.07. The third-order valence-electron chi connectivity index (χ3n) is 2.92. The van der Waals surface area contributed by atoms with Crippen molar-refractivity contribution in [1.29, 1.82) is 0 Å². The molecule has 0 bridgehead atoms. The van der Waals surface area contributed by atoms with E-state index in [1.807, 2.05) is 0 Å². The average molecular weight is 306 g/mol. The zero-order valence-electron chi connectivity index (χ0n) is 11.0. The topological polar surface area (TPSA) is 121 Å². The normalized spacial score (nSPS) is 17.5. The first-order valence-electron chi connectivity index (χ1n) is 6.31. The van der Waals surface area contributed by atoms with Gasteiger partial charge < -0.3 is 10.0 Å². The molecule has 0 atom stereocenters. The number of carboxylic acid groups (broad SMARTS) is 1. The fourth-order valence-corrected chi connectivity index (χ4v) is 2.94. The van der Waals surface area contributed by atoms with E-state index in [2.05, 4.69) is 5.32 Å². The van der Waals surface area contributed by atoms with Crippen molar-refractivity contribution in [2.75, 3.05) is 24.6 Å². The lowest BCUT2D eigenvalue weighted by Gasteiger charge is -2.26. The molecule has 1 fully saturated rings. The number of rotatable bonds is 5. The van der Waals surface area contributed by atoms with Crippen LogP contribution in [0.1, 0.15) is 25.7 Å². The van der Waals surface area contributed by atoms with Gasteiger partial charge in [-0.1, -0.05) is 0 Å². The molecule has 1 heterocycles. The van der Waals surface area contributed by atoms with Crippen LogP contribution in [0, 0.1) is 0 Å². The first-order chi connectivity index (χ1) is 9.30. The van der Waals surface area contributed by atoms with Gasteiger partial charge in [0.15, 0.2) is 9.84 Å². The number of unbranched alkanes of at least 4 members (excludes halogenated alkanes) is 1. The second-order valence-electron chi connectivity index (χ2n) is 4.59. The van der Waals surface area contributed by atoms with Gasteiger partial charge >= 0.3 is 12.0 Å². The van der Waals surface area contributed by atoms with Crippen LogP contribution in [0.5, 0.6) is 0 Å². The van der Waals surface area contributed by atoms with Crippen molar-refractivity contribution in [2.24, 2.45) is 0 Å². The van der Waals surface area contributed by atoms with E-state index in [9.17, 15) is 22.8 Å². The summed E-state index contributed by atoms with van der Waals surface area (Å²) in [5.41, 5.74) is 0. The van der Waals surface area contributed by atoms with Crippen LogP contribution in [-0.4, -0.2) is 60.9 Å². The van der Waals surface area contributed by atoms with Crippen molar-refractivity contribution < 1.29 is 27.9 Å². The predicted molar refractivity (Wildman–Crippen MR) is 69.9 cm³/mol. The van der Waals surface area contributed by atoms with Crippen LogP contribution in [0.4, 0.5) is 4.79 Å². The molecule has 9 heteroatoms. The Morgan fingerprint density at radius 2 is 1.60 bits per heavy atom. The van der Waals surface area contributed by atoms with Crippen molar-refractivity contribution in [3.8, 4) is 0 Å². The molecule has 2 N–H and O–H groups in total. The van der Waals surface area contributed by atoms with E-state index in [-0.39, 0.29) is 37.4 Å². The summed E-state index contributed by atoms with van der Waals surface area (Å²) in [5, 5.41) is 10.6. The first-order valence-corrected chi connectivity index (χ1v) is 8.13. The maximum atomic E-state index is 11.7. The average Bonchev–Trinajstić information content (AvgIpc) is 2.34. The molecule has 8 nitrogen and oxygen atoms in total. The number of urea groups is 1. The predicted octanol–water partition coefficient (Wildman–Crippen LogP) is -0.402. The highest BCUT2D eigenvalue weighted by Gasteiger charge is 2.25. The maximum Gasteiger partial charge on any atom is 0.324 e. The lowest BCUT2D eigenvalue weighted by molar-refractivity contribution is -0.137. The summed E-state index contributed by atoms with van der Waals surface area (Å²) in [6.07, 6.45) is 0.828.